The van der Waals surface area contributed by atoms with Gasteiger partial charge in [0.15, 0.2) is 0 Å². The summed E-state index contributed by atoms with van der Waals surface area (Å²) >= 11 is 0. The minimum Gasteiger partial charge on any atom is -0.374 e. The predicted molar refractivity (Wildman–Crippen MR) is 84.6 cm³/mol. The average molecular weight is 281 g/mol. The number of hydroxylamine groups is 2. The molecule has 0 unspecified atom stereocenters. The van der Waals surface area contributed by atoms with Crippen molar-refractivity contribution in [2.75, 3.05) is 13.2 Å². The van der Waals surface area contributed by atoms with Gasteiger partial charge in [0, 0.05) is 11.1 Å². The summed E-state index contributed by atoms with van der Waals surface area (Å²) in [5.74, 6) is 0. The van der Waals surface area contributed by atoms with Crippen molar-refractivity contribution in [1.82, 2.24) is 5.06 Å². The number of hydrogen-bond donors (Lipinski definition) is 0. The smallest absolute Gasteiger partial charge is 0.0867 e. The van der Waals surface area contributed by atoms with Crippen LogP contribution in [0.5, 0.6) is 0 Å². The molecule has 1 aliphatic rings. The molecule has 0 spiro atoms. The standard InChI is InChI=1S/C17H31NO2/c1-7-9-11-19-15-13-16(3,4)18(17(5,6)14-15)20-12-10-8-2/h7-10,15H,11-14H2,1-6H3/b9-7+,10-8+. The fourth-order valence-corrected chi connectivity index (χ4v) is 3.14. The molecule has 1 saturated heterocycles. The normalized spacial score (nSPS) is 23.9. The van der Waals surface area contributed by atoms with Gasteiger partial charge in [-0.1, -0.05) is 24.3 Å². The van der Waals surface area contributed by atoms with Gasteiger partial charge in [-0.2, -0.15) is 5.06 Å². The van der Waals surface area contributed by atoms with Gasteiger partial charge < -0.3 is 4.74 Å². The average Bonchev–Trinajstić information content (AvgIpc) is 2.32. The van der Waals surface area contributed by atoms with Crippen molar-refractivity contribution in [3.8, 4) is 0 Å². The lowest BCUT2D eigenvalue weighted by atomic mass is 9.80. The minimum atomic E-state index is -0.0239. The molecule has 1 aliphatic heterocycles. The first-order chi connectivity index (χ1) is 9.33. The van der Waals surface area contributed by atoms with Crippen LogP contribution in [0.15, 0.2) is 24.3 Å². The summed E-state index contributed by atoms with van der Waals surface area (Å²) in [7, 11) is 0. The lowest BCUT2D eigenvalue weighted by Gasteiger charge is -2.53. The van der Waals surface area contributed by atoms with Crippen LogP contribution in [-0.2, 0) is 9.57 Å². The molecule has 3 nitrogen and oxygen atoms in total. The Morgan fingerprint density at radius 1 is 0.950 bits per heavy atom. The van der Waals surface area contributed by atoms with Crippen molar-refractivity contribution in [3.05, 3.63) is 24.3 Å². The summed E-state index contributed by atoms with van der Waals surface area (Å²) in [4.78, 5) is 6.00. The highest BCUT2D eigenvalue weighted by molar-refractivity contribution is 4.98. The number of nitrogens with zero attached hydrogens (tertiary/aromatic N) is 1. The first-order valence-corrected chi connectivity index (χ1v) is 7.60. The van der Waals surface area contributed by atoms with Crippen molar-refractivity contribution >= 4 is 0 Å². The third-order valence-electron chi connectivity index (χ3n) is 3.75. The number of piperidine rings is 1. The molecular formula is C17H31NO2. The molecule has 0 aromatic heterocycles. The van der Waals surface area contributed by atoms with Gasteiger partial charge in [0.05, 0.1) is 19.3 Å². The van der Waals surface area contributed by atoms with E-state index in [0.29, 0.717) is 13.2 Å². The second kappa shape index (κ2) is 7.39. The van der Waals surface area contributed by atoms with E-state index in [1.807, 2.05) is 32.1 Å². The quantitative estimate of drug-likeness (QED) is 0.684. The van der Waals surface area contributed by atoms with Gasteiger partial charge in [-0.3, -0.25) is 4.84 Å². The SMILES string of the molecule is C/C=C/COC1CC(C)(C)N(OC/C=C/C)C(C)(C)C1. The van der Waals surface area contributed by atoms with Gasteiger partial charge >= 0.3 is 0 Å². The third-order valence-corrected chi connectivity index (χ3v) is 3.75. The molecule has 0 aromatic rings. The molecule has 0 aromatic carbocycles. The van der Waals surface area contributed by atoms with Crippen LogP contribution in [0.2, 0.25) is 0 Å². The molecule has 0 atom stereocenters. The zero-order valence-corrected chi connectivity index (χ0v) is 14.0. The topological polar surface area (TPSA) is 21.7 Å². The molecule has 20 heavy (non-hydrogen) atoms. The number of rotatable bonds is 6. The van der Waals surface area contributed by atoms with E-state index < -0.39 is 0 Å². The Morgan fingerprint density at radius 3 is 1.95 bits per heavy atom. The second-order valence-corrected chi connectivity index (χ2v) is 6.72. The number of allylic oxidation sites excluding steroid dienone is 2. The summed E-state index contributed by atoms with van der Waals surface area (Å²) in [6.07, 6.45) is 10.4. The Balaban J connectivity index is 2.70. The van der Waals surface area contributed by atoms with Crippen LogP contribution < -0.4 is 0 Å². The molecule has 0 amide bonds. The van der Waals surface area contributed by atoms with E-state index in [1.54, 1.807) is 0 Å². The van der Waals surface area contributed by atoms with Crippen molar-refractivity contribution in [2.24, 2.45) is 0 Å². The van der Waals surface area contributed by atoms with E-state index in [9.17, 15) is 0 Å². The fourth-order valence-electron chi connectivity index (χ4n) is 3.14. The molecule has 0 bridgehead atoms. The Hall–Kier alpha value is -0.640. The zero-order valence-electron chi connectivity index (χ0n) is 14.0. The summed E-state index contributed by atoms with van der Waals surface area (Å²) in [6.45, 7) is 14.3. The van der Waals surface area contributed by atoms with Crippen LogP contribution in [0.3, 0.4) is 0 Å². The van der Waals surface area contributed by atoms with Crippen LogP contribution in [0, 0.1) is 0 Å². The molecule has 1 fully saturated rings. The second-order valence-electron chi connectivity index (χ2n) is 6.72. The van der Waals surface area contributed by atoms with Gasteiger partial charge in [0.2, 0.25) is 0 Å². The highest BCUT2D eigenvalue weighted by atomic mass is 16.7. The van der Waals surface area contributed by atoms with Gasteiger partial charge in [0.1, 0.15) is 0 Å². The van der Waals surface area contributed by atoms with Gasteiger partial charge in [-0.15, -0.1) is 0 Å². The first-order valence-electron chi connectivity index (χ1n) is 7.60. The molecule has 116 valence electrons. The molecule has 0 saturated carbocycles. The molecule has 0 radical (unpaired) electrons. The summed E-state index contributed by atoms with van der Waals surface area (Å²) in [6, 6.07) is 0. The van der Waals surface area contributed by atoms with Crippen molar-refractivity contribution in [2.45, 2.75) is 71.6 Å². The van der Waals surface area contributed by atoms with Crippen LogP contribution in [0.4, 0.5) is 0 Å². The van der Waals surface area contributed by atoms with Crippen LogP contribution in [0.25, 0.3) is 0 Å². The van der Waals surface area contributed by atoms with E-state index in [2.05, 4.69) is 38.8 Å². The molecule has 0 N–H and O–H groups in total. The van der Waals surface area contributed by atoms with E-state index in [1.165, 1.54) is 0 Å². The number of hydrogen-bond acceptors (Lipinski definition) is 3. The fraction of sp³-hybridized carbons (Fsp3) is 0.765. The van der Waals surface area contributed by atoms with Crippen LogP contribution in [0.1, 0.15) is 54.4 Å². The maximum atomic E-state index is 6.00. The maximum absolute atomic E-state index is 6.00. The van der Waals surface area contributed by atoms with Gasteiger partial charge in [-0.25, -0.2) is 0 Å². The zero-order chi connectivity index (χ0) is 15.2. The Kier molecular flexibility index (Phi) is 6.44. The largest absolute Gasteiger partial charge is 0.374 e. The lowest BCUT2D eigenvalue weighted by Crippen LogP contribution is -2.61. The lowest BCUT2D eigenvalue weighted by molar-refractivity contribution is -0.288. The molecule has 1 rings (SSSR count). The van der Waals surface area contributed by atoms with Crippen molar-refractivity contribution in [1.29, 1.82) is 0 Å². The van der Waals surface area contributed by atoms with Gasteiger partial charge in [-0.05, 0) is 54.4 Å². The highest BCUT2D eigenvalue weighted by Gasteiger charge is 2.46. The monoisotopic (exact) mass is 281 g/mol. The summed E-state index contributed by atoms with van der Waals surface area (Å²) in [5.41, 5.74) is -0.0478. The van der Waals surface area contributed by atoms with Gasteiger partial charge in [0.25, 0.3) is 0 Å². The van der Waals surface area contributed by atoms with E-state index in [4.69, 9.17) is 9.57 Å². The Bertz CT molecular complexity index is 327. The highest BCUT2D eigenvalue weighted by Crippen LogP contribution is 2.39. The number of ether oxygens (including phenoxy) is 1. The summed E-state index contributed by atoms with van der Waals surface area (Å²) in [5, 5.41) is 2.16. The Labute approximate surface area is 124 Å². The van der Waals surface area contributed by atoms with E-state index >= 15 is 0 Å². The van der Waals surface area contributed by atoms with E-state index in [-0.39, 0.29) is 17.2 Å². The van der Waals surface area contributed by atoms with Crippen molar-refractivity contribution < 1.29 is 9.57 Å². The minimum absolute atomic E-state index is 0.0239. The third kappa shape index (κ3) is 4.72. The van der Waals surface area contributed by atoms with Crippen LogP contribution in [-0.4, -0.2) is 35.5 Å². The molecule has 1 heterocycles. The predicted octanol–water partition coefficient (Wildman–Crippen LogP) is 4.11. The molecule has 3 heteroatoms. The van der Waals surface area contributed by atoms with Crippen molar-refractivity contribution in [3.63, 3.8) is 0 Å². The van der Waals surface area contributed by atoms with E-state index in [0.717, 1.165) is 12.8 Å². The van der Waals surface area contributed by atoms with Crippen LogP contribution >= 0.6 is 0 Å². The maximum Gasteiger partial charge on any atom is 0.0867 e. The molecular weight excluding hydrogens is 250 g/mol. The summed E-state index contributed by atoms with van der Waals surface area (Å²) < 4.78 is 5.99. The Morgan fingerprint density at radius 2 is 1.45 bits per heavy atom. The first kappa shape index (κ1) is 17.4. The molecule has 0 aliphatic carbocycles.